The lowest BCUT2D eigenvalue weighted by Crippen LogP contribution is -2.45. The summed E-state index contributed by atoms with van der Waals surface area (Å²) in [5, 5.41) is 14.4. The van der Waals surface area contributed by atoms with Crippen molar-refractivity contribution in [2.45, 2.75) is 32.4 Å². The summed E-state index contributed by atoms with van der Waals surface area (Å²) in [7, 11) is 1.56. The predicted octanol–water partition coefficient (Wildman–Crippen LogP) is -0.372. The molecular weight excluding hydrogens is 330 g/mol. The SMILES string of the molecule is CNC(=O)[C@@H]1C[C@@H](N)CN1C(=O)c1c(-n2cnnn2)sc(C)c1C. The number of hydrogen-bond acceptors (Lipinski definition) is 7. The standard InChI is InChI=1S/C14H19N7O2S/c1-7-8(2)24-14(21-6-17-18-19-21)11(7)13(23)20-5-9(15)4-10(20)12(22)16-3/h6,9-10H,4-5,15H2,1-3H3,(H,16,22)/t9-,10+/m1/s1. The van der Waals surface area contributed by atoms with Crippen LogP contribution >= 0.6 is 11.3 Å². The Kier molecular flexibility index (Phi) is 4.33. The van der Waals surface area contributed by atoms with E-state index in [1.165, 1.54) is 22.3 Å². The molecule has 9 nitrogen and oxygen atoms in total. The number of aromatic nitrogens is 4. The fourth-order valence-corrected chi connectivity index (χ4v) is 3.99. The van der Waals surface area contributed by atoms with Crippen molar-refractivity contribution in [3.05, 3.63) is 22.3 Å². The summed E-state index contributed by atoms with van der Waals surface area (Å²) >= 11 is 1.44. The molecule has 0 unspecified atom stereocenters. The number of tetrazole rings is 1. The number of nitrogens with one attached hydrogen (secondary N) is 1. The van der Waals surface area contributed by atoms with Crippen molar-refractivity contribution < 1.29 is 9.59 Å². The van der Waals surface area contributed by atoms with Gasteiger partial charge in [0.25, 0.3) is 5.91 Å². The molecule has 24 heavy (non-hydrogen) atoms. The molecule has 1 aliphatic heterocycles. The molecule has 1 aliphatic rings. The van der Waals surface area contributed by atoms with E-state index in [0.29, 0.717) is 23.5 Å². The lowest BCUT2D eigenvalue weighted by atomic mass is 10.1. The summed E-state index contributed by atoms with van der Waals surface area (Å²) in [5.74, 6) is -0.422. The first-order valence-electron chi connectivity index (χ1n) is 7.55. The molecule has 3 heterocycles. The zero-order chi connectivity index (χ0) is 17.4. The van der Waals surface area contributed by atoms with E-state index in [2.05, 4.69) is 20.8 Å². The molecule has 1 saturated heterocycles. The Labute approximate surface area is 142 Å². The van der Waals surface area contributed by atoms with Gasteiger partial charge in [-0.05, 0) is 36.3 Å². The predicted molar refractivity (Wildman–Crippen MR) is 88.0 cm³/mol. The number of hydrogen-bond donors (Lipinski definition) is 2. The number of carbonyl (C=O) groups excluding carboxylic acids is 2. The van der Waals surface area contributed by atoms with E-state index in [9.17, 15) is 9.59 Å². The van der Waals surface area contributed by atoms with Crippen LogP contribution in [-0.4, -0.2) is 62.6 Å². The van der Waals surface area contributed by atoms with Gasteiger partial charge in [-0.25, -0.2) is 0 Å². The third kappa shape index (κ3) is 2.67. The van der Waals surface area contributed by atoms with Crippen LogP contribution in [0.1, 0.15) is 27.2 Å². The van der Waals surface area contributed by atoms with Gasteiger partial charge < -0.3 is 16.0 Å². The third-order valence-electron chi connectivity index (χ3n) is 4.28. The normalized spacial score (nSPS) is 20.4. The molecule has 2 atom stereocenters. The van der Waals surface area contributed by atoms with E-state index < -0.39 is 6.04 Å². The number of rotatable bonds is 3. The Balaban J connectivity index is 2.02. The number of amides is 2. The van der Waals surface area contributed by atoms with E-state index in [4.69, 9.17) is 5.73 Å². The maximum absolute atomic E-state index is 13.2. The fraction of sp³-hybridized carbons (Fsp3) is 0.500. The summed E-state index contributed by atoms with van der Waals surface area (Å²) < 4.78 is 1.47. The molecule has 2 aromatic heterocycles. The van der Waals surface area contributed by atoms with Crippen molar-refractivity contribution in [2.75, 3.05) is 13.6 Å². The first-order valence-corrected chi connectivity index (χ1v) is 8.37. The molecule has 2 aromatic rings. The number of aryl methyl sites for hydroxylation is 1. The molecule has 1 fully saturated rings. The van der Waals surface area contributed by atoms with Crippen LogP contribution < -0.4 is 11.1 Å². The summed E-state index contributed by atoms with van der Waals surface area (Å²) in [6.07, 6.45) is 1.90. The molecule has 0 aliphatic carbocycles. The maximum Gasteiger partial charge on any atom is 0.257 e. The average Bonchev–Trinajstić information content (AvgIpc) is 3.27. The van der Waals surface area contributed by atoms with Gasteiger partial charge in [0.15, 0.2) is 0 Å². The summed E-state index contributed by atoms with van der Waals surface area (Å²) in [6, 6.07) is -0.772. The van der Waals surface area contributed by atoms with Crippen molar-refractivity contribution in [2.24, 2.45) is 5.73 Å². The van der Waals surface area contributed by atoms with E-state index in [1.54, 1.807) is 11.9 Å². The fourth-order valence-electron chi connectivity index (χ4n) is 2.93. The van der Waals surface area contributed by atoms with E-state index in [1.807, 2.05) is 13.8 Å². The molecule has 128 valence electrons. The summed E-state index contributed by atoms with van der Waals surface area (Å²) in [6.45, 7) is 4.18. The van der Waals surface area contributed by atoms with Crippen LogP contribution in [0, 0.1) is 13.8 Å². The topological polar surface area (TPSA) is 119 Å². The van der Waals surface area contributed by atoms with Crippen LogP contribution in [0.25, 0.3) is 5.00 Å². The number of nitrogens with zero attached hydrogens (tertiary/aromatic N) is 5. The zero-order valence-electron chi connectivity index (χ0n) is 13.7. The molecular formula is C14H19N7O2S. The highest BCUT2D eigenvalue weighted by molar-refractivity contribution is 7.15. The van der Waals surface area contributed by atoms with Crippen LogP contribution in [0.4, 0.5) is 0 Å². The second-order valence-corrected chi connectivity index (χ2v) is 7.00. The lowest BCUT2D eigenvalue weighted by Gasteiger charge is -2.23. The van der Waals surface area contributed by atoms with Gasteiger partial charge in [-0.2, -0.15) is 4.68 Å². The first kappa shape index (κ1) is 16.5. The second-order valence-electron chi connectivity index (χ2n) is 5.80. The van der Waals surface area contributed by atoms with Crippen molar-refractivity contribution in [1.82, 2.24) is 30.4 Å². The highest BCUT2D eigenvalue weighted by atomic mass is 32.1. The monoisotopic (exact) mass is 349 g/mol. The van der Waals surface area contributed by atoms with Crippen molar-refractivity contribution in [3.8, 4) is 5.00 Å². The second kappa shape index (κ2) is 6.29. The van der Waals surface area contributed by atoms with Gasteiger partial charge in [0, 0.05) is 24.5 Å². The van der Waals surface area contributed by atoms with Crippen molar-refractivity contribution in [1.29, 1.82) is 0 Å². The number of thiophene rings is 1. The van der Waals surface area contributed by atoms with Gasteiger partial charge in [-0.3, -0.25) is 9.59 Å². The van der Waals surface area contributed by atoms with Crippen LogP contribution in [0.5, 0.6) is 0 Å². The van der Waals surface area contributed by atoms with Crippen LogP contribution in [0.3, 0.4) is 0 Å². The Bertz CT molecular complexity index is 770. The van der Waals surface area contributed by atoms with Crippen molar-refractivity contribution >= 4 is 23.2 Å². The lowest BCUT2D eigenvalue weighted by molar-refractivity contribution is -0.124. The number of likely N-dealkylation sites (N-methyl/N-ethyl adjacent to an activating group) is 1. The Morgan fingerprint density at radius 3 is 2.79 bits per heavy atom. The Morgan fingerprint density at radius 1 is 1.42 bits per heavy atom. The summed E-state index contributed by atoms with van der Waals surface area (Å²) in [4.78, 5) is 27.9. The van der Waals surface area contributed by atoms with E-state index in [-0.39, 0.29) is 17.9 Å². The molecule has 0 saturated carbocycles. The van der Waals surface area contributed by atoms with E-state index in [0.717, 1.165) is 10.4 Å². The van der Waals surface area contributed by atoms with Gasteiger partial charge in [0.05, 0.1) is 5.56 Å². The van der Waals surface area contributed by atoms with Gasteiger partial charge in [-0.15, -0.1) is 16.4 Å². The van der Waals surface area contributed by atoms with Crippen LogP contribution in [-0.2, 0) is 4.79 Å². The molecule has 0 bridgehead atoms. The zero-order valence-corrected chi connectivity index (χ0v) is 14.5. The highest BCUT2D eigenvalue weighted by Crippen LogP contribution is 2.32. The molecule has 3 N–H and O–H groups in total. The maximum atomic E-state index is 13.2. The molecule has 0 spiro atoms. The average molecular weight is 349 g/mol. The number of nitrogens with two attached hydrogens (primary N) is 1. The van der Waals surface area contributed by atoms with Crippen LogP contribution in [0.15, 0.2) is 6.33 Å². The molecule has 3 rings (SSSR count). The first-order chi connectivity index (χ1) is 11.4. The van der Waals surface area contributed by atoms with Crippen LogP contribution in [0.2, 0.25) is 0 Å². The number of carbonyl (C=O) groups is 2. The van der Waals surface area contributed by atoms with E-state index >= 15 is 0 Å². The van der Waals surface area contributed by atoms with Gasteiger partial charge in [0.2, 0.25) is 5.91 Å². The highest BCUT2D eigenvalue weighted by Gasteiger charge is 2.39. The smallest absolute Gasteiger partial charge is 0.257 e. The minimum Gasteiger partial charge on any atom is -0.357 e. The third-order valence-corrected chi connectivity index (χ3v) is 5.48. The van der Waals surface area contributed by atoms with Crippen molar-refractivity contribution in [3.63, 3.8) is 0 Å². The molecule has 0 aromatic carbocycles. The molecule has 10 heteroatoms. The number of likely N-dealkylation sites (tertiary alicyclic amines) is 1. The van der Waals surface area contributed by atoms with Gasteiger partial charge in [0.1, 0.15) is 17.4 Å². The largest absolute Gasteiger partial charge is 0.357 e. The minimum atomic E-state index is -0.557. The molecule has 0 radical (unpaired) electrons. The summed E-state index contributed by atoms with van der Waals surface area (Å²) in [5.41, 5.74) is 7.38. The quantitative estimate of drug-likeness (QED) is 0.780. The minimum absolute atomic E-state index is 0.204. The Hall–Kier alpha value is -2.33. The van der Waals surface area contributed by atoms with Gasteiger partial charge >= 0.3 is 0 Å². The molecule has 2 amide bonds. The van der Waals surface area contributed by atoms with Gasteiger partial charge in [-0.1, -0.05) is 0 Å². The Morgan fingerprint density at radius 2 is 2.17 bits per heavy atom.